The Labute approximate surface area is 145 Å². The van der Waals surface area contributed by atoms with Gasteiger partial charge in [-0.2, -0.15) is 0 Å². The van der Waals surface area contributed by atoms with Gasteiger partial charge in [-0.25, -0.2) is 4.79 Å². The van der Waals surface area contributed by atoms with E-state index in [2.05, 4.69) is 22.5 Å². The molecule has 3 rings (SSSR count). The molecule has 1 heterocycles. The highest BCUT2D eigenvalue weighted by molar-refractivity contribution is 5.84. The number of nitrogens with zero attached hydrogens (tertiary/aromatic N) is 1. The molecule has 136 valence electrons. The molecular formula is C19H33N3O2. The molecule has 2 N–H and O–H groups in total. The number of carbonyl (C=O) groups excluding carboxylic acids is 2. The highest BCUT2D eigenvalue weighted by Crippen LogP contribution is 2.37. The third-order valence-corrected chi connectivity index (χ3v) is 6.24. The van der Waals surface area contributed by atoms with Crippen LogP contribution in [0.2, 0.25) is 0 Å². The fourth-order valence-electron chi connectivity index (χ4n) is 4.94. The number of likely N-dealkylation sites (tertiary alicyclic amines) is 1. The van der Waals surface area contributed by atoms with E-state index in [1.54, 1.807) is 0 Å². The Morgan fingerprint density at radius 2 is 1.79 bits per heavy atom. The van der Waals surface area contributed by atoms with Crippen LogP contribution in [0.3, 0.4) is 0 Å². The summed E-state index contributed by atoms with van der Waals surface area (Å²) in [5, 5.41) is 5.81. The summed E-state index contributed by atoms with van der Waals surface area (Å²) in [5.74, 6) is 1.56. The van der Waals surface area contributed by atoms with Gasteiger partial charge in [-0.15, -0.1) is 0 Å². The van der Waals surface area contributed by atoms with Crippen LogP contribution in [0.5, 0.6) is 0 Å². The van der Waals surface area contributed by atoms with Crippen LogP contribution in [0.25, 0.3) is 0 Å². The van der Waals surface area contributed by atoms with Crippen molar-refractivity contribution in [1.29, 1.82) is 0 Å². The number of fused-ring (bicyclic) bond motifs is 1. The van der Waals surface area contributed by atoms with Crippen molar-refractivity contribution in [3.05, 3.63) is 0 Å². The van der Waals surface area contributed by atoms with Crippen molar-refractivity contribution in [3.63, 3.8) is 0 Å². The molecule has 0 unspecified atom stereocenters. The molecule has 2 aliphatic carbocycles. The average molecular weight is 335 g/mol. The first-order valence-electron chi connectivity index (χ1n) is 9.97. The van der Waals surface area contributed by atoms with Gasteiger partial charge in [0.1, 0.15) is 0 Å². The molecule has 1 aliphatic heterocycles. The number of urea groups is 1. The van der Waals surface area contributed by atoms with Crippen LogP contribution in [-0.2, 0) is 4.79 Å². The molecular weight excluding hydrogens is 302 g/mol. The molecule has 5 heteroatoms. The summed E-state index contributed by atoms with van der Waals surface area (Å²) in [6, 6.07) is 0.514. The SMILES string of the molecule is C[C@@H]1CC[C@@H]2[C@H](CCCN2C(=O)CNC(=O)NC2CCCCC2)C1. The zero-order chi connectivity index (χ0) is 16.9. The van der Waals surface area contributed by atoms with E-state index in [-0.39, 0.29) is 24.5 Å². The minimum Gasteiger partial charge on any atom is -0.338 e. The van der Waals surface area contributed by atoms with Crippen LogP contribution in [0.1, 0.15) is 71.1 Å². The molecule has 3 atom stereocenters. The van der Waals surface area contributed by atoms with Crippen molar-refractivity contribution in [1.82, 2.24) is 15.5 Å². The number of hydrogen-bond acceptors (Lipinski definition) is 2. The lowest BCUT2D eigenvalue weighted by Gasteiger charge is -2.45. The van der Waals surface area contributed by atoms with Crippen LogP contribution in [0.15, 0.2) is 0 Å². The summed E-state index contributed by atoms with van der Waals surface area (Å²) in [6.07, 6.45) is 11.8. The van der Waals surface area contributed by atoms with Gasteiger partial charge in [-0.1, -0.05) is 26.2 Å². The Kier molecular flexibility index (Phi) is 6.01. The molecule has 3 amide bonds. The van der Waals surface area contributed by atoms with Crippen molar-refractivity contribution in [2.45, 2.75) is 83.2 Å². The first kappa shape index (κ1) is 17.6. The van der Waals surface area contributed by atoms with Gasteiger partial charge in [0.2, 0.25) is 5.91 Å². The second kappa shape index (κ2) is 8.21. The Morgan fingerprint density at radius 1 is 1.00 bits per heavy atom. The lowest BCUT2D eigenvalue weighted by Crippen LogP contribution is -2.54. The molecule has 2 saturated carbocycles. The average Bonchev–Trinajstić information content (AvgIpc) is 2.59. The van der Waals surface area contributed by atoms with Crippen LogP contribution in [0, 0.1) is 11.8 Å². The highest BCUT2D eigenvalue weighted by Gasteiger charge is 2.37. The Morgan fingerprint density at radius 3 is 2.58 bits per heavy atom. The quantitative estimate of drug-likeness (QED) is 0.833. The van der Waals surface area contributed by atoms with Crippen LogP contribution in [0.4, 0.5) is 4.79 Å². The number of rotatable bonds is 3. The molecule has 5 nitrogen and oxygen atoms in total. The van der Waals surface area contributed by atoms with Crippen molar-refractivity contribution >= 4 is 11.9 Å². The molecule has 0 aromatic heterocycles. The molecule has 1 saturated heterocycles. The predicted molar refractivity (Wildman–Crippen MR) is 94.6 cm³/mol. The van der Waals surface area contributed by atoms with E-state index in [0.29, 0.717) is 12.0 Å². The molecule has 0 aromatic carbocycles. The van der Waals surface area contributed by atoms with Gasteiger partial charge in [0.25, 0.3) is 0 Å². The lowest BCUT2D eigenvalue weighted by atomic mass is 9.74. The molecule has 0 spiro atoms. The van der Waals surface area contributed by atoms with Gasteiger partial charge in [-0.3, -0.25) is 4.79 Å². The smallest absolute Gasteiger partial charge is 0.315 e. The minimum atomic E-state index is -0.180. The zero-order valence-electron chi connectivity index (χ0n) is 15.1. The van der Waals surface area contributed by atoms with Crippen molar-refractivity contribution in [2.75, 3.05) is 13.1 Å². The van der Waals surface area contributed by atoms with Gasteiger partial charge in [0, 0.05) is 18.6 Å². The first-order chi connectivity index (χ1) is 11.6. The summed E-state index contributed by atoms with van der Waals surface area (Å²) < 4.78 is 0. The second-order valence-electron chi connectivity index (χ2n) is 8.14. The van der Waals surface area contributed by atoms with Gasteiger partial charge in [-0.05, 0) is 56.8 Å². The van der Waals surface area contributed by atoms with Gasteiger partial charge < -0.3 is 15.5 Å². The van der Waals surface area contributed by atoms with Crippen molar-refractivity contribution in [3.8, 4) is 0 Å². The van der Waals surface area contributed by atoms with E-state index in [1.807, 2.05) is 0 Å². The van der Waals surface area contributed by atoms with Crippen molar-refractivity contribution in [2.24, 2.45) is 11.8 Å². The molecule has 3 aliphatic rings. The summed E-state index contributed by atoms with van der Waals surface area (Å²) in [4.78, 5) is 26.7. The van der Waals surface area contributed by atoms with E-state index < -0.39 is 0 Å². The zero-order valence-corrected chi connectivity index (χ0v) is 15.1. The van der Waals surface area contributed by atoms with Gasteiger partial charge >= 0.3 is 6.03 Å². The maximum absolute atomic E-state index is 12.6. The van der Waals surface area contributed by atoms with E-state index in [4.69, 9.17) is 0 Å². The minimum absolute atomic E-state index is 0.0954. The van der Waals surface area contributed by atoms with Crippen LogP contribution in [-0.4, -0.2) is 42.0 Å². The third kappa shape index (κ3) is 4.42. The number of nitrogens with one attached hydrogen (secondary N) is 2. The lowest BCUT2D eigenvalue weighted by molar-refractivity contribution is -0.136. The monoisotopic (exact) mass is 335 g/mol. The highest BCUT2D eigenvalue weighted by atomic mass is 16.2. The molecule has 0 bridgehead atoms. The second-order valence-corrected chi connectivity index (χ2v) is 8.14. The van der Waals surface area contributed by atoms with E-state index in [0.717, 1.165) is 38.1 Å². The Balaban J connectivity index is 1.44. The fraction of sp³-hybridized carbons (Fsp3) is 0.895. The third-order valence-electron chi connectivity index (χ3n) is 6.24. The normalized spacial score (nSPS) is 31.2. The van der Waals surface area contributed by atoms with Crippen LogP contribution >= 0.6 is 0 Å². The van der Waals surface area contributed by atoms with E-state index in [9.17, 15) is 9.59 Å². The number of amides is 3. The predicted octanol–water partition coefficient (Wildman–Crippen LogP) is 3.05. The summed E-state index contributed by atoms with van der Waals surface area (Å²) in [6.45, 7) is 3.33. The Bertz CT molecular complexity index is 448. The molecule has 0 radical (unpaired) electrons. The number of piperidine rings is 1. The summed E-state index contributed by atoms with van der Waals surface area (Å²) in [5.41, 5.74) is 0. The summed E-state index contributed by atoms with van der Waals surface area (Å²) in [7, 11) is 0. The number of hydrogen-bond donors (Lipinski definition) is 2. The topological polar surface area (TPSA) is 61.4 Å². The van der Waals surface area contributed by atoms with Gasteiger partial charge in [0.05, 0.1) is 6.54 Å². The maximum Gasteiger partial charge on any atom is 0.315 e. The summed E-state index contributed by atoms with van der Waals surface area (Å²) >= 11 is 0. The fourth-order valence-corrected chi connectivity index (χ4v) is 4.94. The molecule has 3 fully saturated rings. The first-order valence-corrected chi connectivity index (χ1v) is 9.97. The van der Waals surface area contributed by atoms with Crippen LogP contribution < -0.4 is 10.6 Å². The standard InChI is InChI=1S/C19H33N3O2/c1-14-9-10-17-15(12-14)6-5-11-22(17)18(23)13-20-19(24)21-16-7-3-2-4-8-16/h14-17H,2-13H2,1H3,(H2,20,21,24)/t14-,15-,17-/m1/s1. The Hall–Kier alpha value is -1.26. The largest absolute Gasteiger partial charge is 0.338 e. The van der Waals surface area contributed by atoms with Crippen molar-refractivity contribution < 1.29 is 9.59 Å². The number of carbonyl (C=O) groups is 2. The van der Waals surface area contributed by atoms with E-state index >= 15 is 0 Å². The van der Waals surface area contributed by atoms with Gasteiger partial charge in [0.15, 0.2) is 0 Å². The molecule has 0 aromatic rings. The molecule has 24 heavy (non-hydrogen) atoms. The maximum atomic E-state index is 12.6. The van der Waals surface area contributed by atoms with E-state index in [1.165, 1.54) is 38.5 Å².